The third-order valence-corrected chi connectivity index (χ3v) is 3.53. The Labute approximate surface area is 145 Å². The van der Waals surface area contributed by atoms with Crippen LogP contribution in [0.3, 0.4) is 0 Å². The summed E-state index contributed by atoms with van der Waals surface area (Å²) in [6.07, 6.45) is 0. The molecule has 0 bridgehead atoms. The summed E-state index contributed by atoms with van der Waals surface area (Å²) in [4.78, 5) is 24.6. The van der Waals surface area contributed by atoms with E-state index in [4.69, 9.17) is 18.9 Å². The Morgan fingerprint density at radius 1 is 0.800 bits per heavy atom. The first-order chi connectivity index (χ1) is 12.0. The van der Waals surface area contributed by atoms with Gasteiger partial charge in [0.15, 0.2) is 0 Å². The van der Waals surface area contributed by atoms with E-state index in [1.54, 1.807) is 30.3 Å². The van der Waals surface area contributed by atoms with Gasteiger partial charge in [0.25, 0.3) is 5.91 Å². The van der Waals surface area contributed by atoms with Crippen LogP contribution in [-0.4, -0.2) is 40.3 Å². The predicted octanol–water partition coefficient (Wildman–Crippen LogP) is 2.75. The molecule has 0 aromatic heterocycles. The van der Waals surface area contributed by atoms with Crippen molar-refractivity contribution < 1.29 is 28.5 Å². The summed E-state index contributed by atoms with van der Waals surface area (Å²) < 4.78 is 20.2. The lowest BCUT2D eigenvalue weighted by molar-refractivity contribution is 0.0601. The van der Waals surface area contributed by atoms with Crippen LogP contribution in [0.25, 0.3) is 0 Å². The molecule has 2 aromatic rings. The summed E-state index contributed by atoms with van der Waals surface area (Å²) in [6.45, 7) is 0. The summed E-state index contributed by atoms with van der Waals surface area (Å²) in [7, 11) is 5.73. The second kappa shape index (κ2) is 8.05. The summed E-state index contributed by atoms with van der Waals surface area (Å²) in [5, 5.41) is 2.69. The highest BCUT2D eigenvalue weighted by atomic mass is 16.5. The lowest BCUT2D eigenvalue weighted by atomic mass is 10.1. The Balaban J connectivity index is 2.36. The molecule has 0 spiro atoms. The predicted molar refractivity (Wildman–Crippen MR) is 91.8 cm³/mol. The molecule has 0 unspecified atom stereocenters. The van der Waals surface area contributed by atoms with Crippen LogP contribution in [-0.2, 0) is 4.74 Å². The Hall–Kier alpha value is -3.22. The number of carbonyl (C=O) groups excluding carboxylic acids is 2. The van der Waals surface area contributed by atoms with E-state index in [1.807, 2.05) is 0 Å². The monoisotopic (exact) mass is 345 g/mol. The first kappa shape index (κ1) is 18.1. The molecule has 7 heteroatoms. The molecule has 0 aliphatic rings. The Kier molecular flexibility index (Phi) is 5.84. The number of hydrogen-bond donors (Lipinski definition) is 1. The van der Waals surface area contributed by atoms with E-state index in [9.17, 15) is 9.59 Å². The minimum Gasteiger partial charge on any atom is -0.497 e. The van der Waals surface area contributed by atoms with Crippen LogP contribution in [0.1, 0.15) is 20.7 Å². The van der Waals surface area contributed by atoms with Crippen LogP contribution < -0.4 is 19.5 Å². The number of amides is 1. The highest BCUT2D eigenvalue weighted by molar-refractivity contribution is 6.09. The number of hydrogen-bond acceptors (Lipinski definition) is 6. The van der Waals surface area contributed by atoms with Crippen molar-refractivity contribution in [3.05, 3.63) is 47.5 Å². The zero-order valence-electron chi connectivity index (χ0n) is 14.4. The number of methoxy groups -OCH3 is 4. The summed E-state index contributed by atoms with van der Waals surface area (Å²) in [5.74, 6) is 0.365. The number of rotatable bonds is 6. The Bertz CT molecular complexity index is 787. The molecule has 0 saturated carbocycles. The zero-order chi connectivity index (χ0) is 18.4. The van der Waals surface area contributed by atoms with Crippen molar-refractivity contribution in [3.63, 3.8) is 0 Å². The fourth-order valence-corrected chi connectivity index (χ4v) is 2.21. The van der Waals surface area contributed by atoms with Crippen molar-refractivity contribution in [1.29, 1.82) is 0 Å². The lowest BCUT2D eigenvalue weighted by Gasteiger charge is -2.13. The third-order valence-electron chi connectivity index (χ3n) is 3.53. The molecule has 0 aliphatic heterocycles. The van der Waals surface area contributed by atoms with Gasteiger partial charge in [-0.25, -0.2) is 4.79 Å². The SMILES string of the molecule is COC(=O)c1cc(OC)ccc1NC(=O)c1ccc(OC)cc1OC. The van der Waals surface area contributed by atoms with E-state index >= 15 is 0 Å². The van der Waals surface area contributed by atoms with Crippen LogP contribution in [0.5, 0.6) is 17.2 Å². The summed E-state index contributed by atoms with van der Waals surface area (Å²) in [5.41, 5.74) is 0.785. The fourth-order valence-electron chi connectivity index (χ4n) is 2.21. The number of carbonyl (C=O) groups is 2. The molecule has 132 valence electrons. The zero-order valence-corrected chi connectivity index (χ0v) is 14.4. The van der Waals surface area contributed by atoms with Crippen LogP contribution in [0, 0.1) is 0 Å². The molecular formula is C18H19NO6. The van der Waals surface area contributed by atoms with Gasteiger partial charge in [-0.1, -0.05) is 0 Å². The van der Waals surface area contributed by atoms with Gasteiger partial charge in [0.1, 0.15) is 17.2 Å². The highest BCUT2D eigenvalue weighted by Crippen LogP contribution is 2.27. The first-order valence-electron chi connectivity index (χ1n) is 7.33. The van der Waals surface area contributed by atoms with Crippen molar-refractivity contribution >= 4 is 17.6 Å². The molecule has 2 rings (SSSR count). The van der Waals surface area contributed by atoms with Gasteiger partial charge in [-0.2, -0.15) is 0 Å². The fraction of sp³-hybridized carbons (Fsp3) is 0.222. The molecule has 0 fully saturated rings. The Morgan fingerprint density at radius 2 is 1.44 bits per heavy atom. The maximum atomic E-state index is 12.6. The number of anilines is 1. The second-order valence-corrected chi connectivity index (χ2v) is 4.92. The van der Waals surface area contributed by atoms with E-state index in [0.717, 1.165) is 0 Å². The standard InChI is InChI=1S/C18H19NO6/c1-22-11-6-8-15(14(9-11)18(21)25-4)19-17(20)13-7-5-12(23-2)10-16(13)24-3/h5-10H,1-4H3,(H,19,20). The smallest absolute Gasteiger partial charge is 0.340 e. The van der Waals surface area contributed by atoms with Crippen LogP contribution in [0.2, 0.25) is 0 Å². The number of ether oxygens (including phenoxy) is 4. The van der Waals surface area contributed by atoms with Crippen LogP contribution in [0.4, 0.5) is 5.69 Å². The van der Waals surface area contributed by atoms with E-state index < -0.39 is 11.9 Å². The van der Waals surface area contributed by atoms with Gasteiger partial charge >= 0.3 is 5.97 Å². The van der Waals surface area contributed by atoms with Crippen molar-refractivity contribution in [3.8, 4) is 17.2 Å². The largest absolute Gasteiger partial charge is 0.497 e. The molecule has 0 aliphatic carbocycles. The summed E-state index contributed by atoms with van der Waals surface area (Å²) in [6, 6.07) is 9.52. The van der Waals surface area contributed by atoms with E-state index in [2.05, 4.69) is 5.32 Å². The quantitative estimate of drug-likeness (QED) is 0.811. The van der Waals surface area contributed by atoms with Crippen LogP contribution >= 0.6 is 0 Å². The van der Waals surface area contributed by atoms with Gasteiger partial charge < -0.3 is 24.3 Å². The molecule has 0 saturated heterocycles. The number of benzene rings is 2. The first-order valence-corrected chi connectivity index (χ1v) is 7.33. The van der Waals surface area contributed by atoms with E-state index in [1.165, 1.54) is 34.5 Å². The maximum Gasteiger partial charge on any atom is 0.340 e. The third kappa shape index (κ3) is 4.00. The molecule has 0 atom stereocenters. The molecule has 1 amide bonds. The van der Waals surface area contributed by atoms with E-state index in [-0.39, 0.29) is 5.56 Å². The van der Waals surface area contributed by atoms with Crippen molar-refractivity contribution in [1.82, 2.24) is 0 Å². The molecule has 0 heterocycles. The minimum atomic E-state index is -0.587. The van der Waals surface area contributed by atoms with Gasteiger partial charge in [-0.15, -0.1) is 0 Å². The lowest BCUT2D eigenvalue weighted by Crippen LogP contribution is -2.16. The van der Waals surface area contributed by atoms with Gasteiger partial charge in [0, 0.05) is 6.07 Å². The van der Waals surface area contributed by atoms with Gasteiger partial charge in [0.2, 0.25) is 0 Å². The molecule has 2 aromatic carbocycles. The van der Waals surface area contributed by atoms with Crippen molar-refractivity contribution in [2.45, 2.75) is 0 Å². The molecule has 0 radical (unpaired) electrons. The minimum absolute atomic E-state index is 0.183. The second-order valence-electron chi connectivity index (χ2n) is 4.92. The highest BCUT2D eigenvalue weighted by Gasteiger charge is 2.18. The van der Waals surface area contributed by atoms with E-state index in [0.29, 0.717) is 28.5 Å². The molecular weight excluding hydrogens is 326 g/mol. The van der Waals surface area contributed by atoms with Crippen molar-refractivity contribution in [2.75, 3.05) is 33.8 Å². The average Bonchev–Trinajstić information content (AvgIpc) is 2.66. The normalized spacial score (nSPS) is 9.92. The van der Waals surface area contributed by atoms with Gasteiger partial charge in [-0.3, -0.25) is 4.79 Å². The summed E-state index contributed by atoms with van der Waals surface area (Å²) >= 11 is 0. The van der Waals surface area contributed by atoms with Crippen LogP contribution in [0.15, 0.2) is 36.4 Å². The van der Waals surface area contributed by atoms with Gasteiger partial charge in [-0.05, 0) is 30.3 Å². The molecule has 7 nitrogen and oxygen atoms in total. The van der Waals surface area contributed by atoms with Crippen molar-refractivity contribution in [2.24, 2.45) is 0 Å². The van der Waals surface area contributed by atoms with Gasteiger partial charge in [0.05, 0.1) is 45.3 Å². The molecule has 25 heavy (non-hydrogen) atoms. The number of esters is 1. The number of nitrogens with one attached hydrogen (secondary N) is 1. The average molecular weight is 345 g/mol. The topological polar surface area (TPSA) is 83.1 Å². The molecule has 1 N–H and O–H groups in total. The Morgan fingerprint density at radius 3 is 2.04 bits per heavy atom. The maximum absolute atomic E-state index is 12.6.